The highest BCUT2D eigenvalue weighted by Gasteiger charge is 2.23. The molecule has 1 aromatic carbocycles. The molecule has 3 nitrogen and oxygen atoms in total. The van der Waals surface area contributed by atoms with Gasteiger partial charge in [-0.2, -0.15) is 0 Å². The number of nitrogens with one attached hydrogen (secondary N) is 1. The van der Waals surface area contributed by atoms with E-state index in [4.69, 9.17) is 11.1 Å². The van der Waals surface area contributed by atoms with E-state index in [1.807, 2.05) is 12.1 Å². The lowest BCUT2D eigenvalue weighted by atomic mass is 9.91. The number of halogens is 1. The smallest absolute Gasteiger partial charge is 0.122 e. The summed E-state index contributed by atoms with van der Waals surface area (Å²) in [5.74, 6) is 1.57. The number of hydrogen-bond donors (Lipinski definition) is 2. The fourth-order valence-electron chi connectivity index (χ4n) is 2.79. The number of anilines is 1. The topological polar surface area (TPSA) is 53.1 Å². The van der Waals surface area contributed by atoms with Gasteiger partial charge in [-0.3, -0.25) is 5.41 Å². The summed E-state index contributed by atoms with van der Waals surface area (Å²) >= 11 is 3.60. The van der Waals surface area contributed by atoms with Crippen LogP contribution in [0.1, 0.15) is 25.8 Å². The summed E-state index contributed by atoms with van der Waals surface area (Å²) in [6.45, 7) is 6.81. The Balaban J connectivity index is 2.25. The Morgan fingerprint density at radius 1 is 1.33 bits per heavy atom. The maximum atomic E-state index is 7.45. The van der Waals surface area contributed by atoms with Crippen LogP contribution in [0.15, 0.2) is 22.7 Å². The highest BCUT2D eigenvalue weighted by Crippen LogP contribution is 2.32. The number of nitrogens with two attached hydrogens (primary N) is 1. The van der Waals surface area contributed by atoms with Crippen LogP contribution in [-0.2, 0) is 0 Å². The Kier molecular flexibility index (Phi) is 3.95. The minimum atomic E-state index is 0.114. The van der Waals surface area contributed by atoms with Crippen LogP contribution in [0.25, 0.3) is 0 Å². The van der Waals surface area contributed by atoms with E-state index in [0.717, 1.165) is 35.0 Å². The van der Waals surface area contributed by atoms with Crippen LogP contribution >= 0.6 is 15.9 Å². The van der Waals surface area contributed by atoms with Crippen LogP contribution in [0.3, 0.4) is 0 Å². The summed E-state index contributed by atoms with van der Waals surface area (Å²) < 4.78 is 1.02. The molecule has 0 radical (unpaired) electrons. The van der Waals surface area contributed by atoms with Crippen molar-refractivity contribution in [1.29, 1.82) is 5.41 Å². The third kappa shape index (κ3) is 2.86. The lowest BCUT2D eigenvalue weighted by molar-refractivity contribution is 0.356. The molecule has 0 bridgehead atoms. The summed E-state index contributed by atoms with van der Waals surface area (Å²) in [6.07, 6.45) is 1.31. The summed E-state index contributed by atoms with van der Waals surface area (Å²) in [5, 5.41) is 7.45. The minimum Gasteiger partial charge on any atom is -0.384 e. The Bertz CT molecular complexity index is 448. The molecule has 0 saturated carbocycles. The van der Waals surface area contributed by atoms with Crippen molar-refractivity contribution in [2.75, 3.05) is 18.0 Å². The van der Waals surface area contributed by atoms with Gasteiger partial charge in [-0.25, -0.2) is 0 Å². The first kappa shape index (κ1) is 13.4. The van der Waals surface area contributed by atoms with Gasteiger partial charge in [-0.15, -0.1) is 0 Å². The first-order valence-electron chi connectivity index (χ1n) is 6.36. The van der Waals surface area contributed by atoms with E-state index < -0.39 is 0 Å². The number of nitrogen functional groups attached to an aromatic ring is 1. The van der Waals surface area contributed by atoms with E-state index in [0.29, 0.717) is 0 Å². The average molecular weight is 310 g/mol. The molecule has 2 rings (SSSR count). The van der Waals surface area contributed by atoms with Gasteiger partial charge in [0.25, 0.3) is 0 Å². The second kappa shape index (κ2) is 5.31. The van der Waals surface area contributed by atoms with Crippen molar-refractivity contribution < 1.29 is 0 Å². The molecule has 98 valence electrons. The van der Waals surface area contributed by atoms with Crippen molar-refractivity contribution >= 4 is 27.5 Å². The summed E-state index contributed by atoms with van der Waals surface area (Å²) in [4.78, 5) is 2.42. The average Bonchev–Trinajstić information content (AvgIpc) is 2.27. The Morgan fingerprint density at radius 3 is 2.44 bits per heavy atom. The molecule has 0 aromatic heterocycles. The molecule has 1 aliphatic rings. The van der Waals surface area contributed by atoms with Crippen molar-refractivity contribution in [1.82, 2.24) is 0 Å². The molecule has 1 aromatic rings. The molecule has 1 saturated heterocycles. The van der Waals surface area contributed by atoms with Crippen molar-refractivity contribution in [3.05, 3.63) is 28.2 Å². The Labute approximate surface area is 117 Å². The molecule has 1 aliphatic heterocycles. The lowest BCUT2D eigenvalue weighted by Gasteiger charge is -2.37. The quantitative estimate of drug-likeness (QED) is 0.651. The first-order chi connectivity index (χ1) is 8.47. The van der Waals surface area contributed by atoms with Gasteiger partial charge in [0, 0.05) is 23.1 Å². The first-order valence-corrected chi connectivity index (χ1v) is 7.15. The SMILES string of the molecule is CC1CC(C)CN(c2ccc(C(=N)N)cc2Br)C1. The van der Waals surface area contributed by atoms with E-state index in [2.05, 4.69) is 40.7 Å². The van der Waals surface area contributed by atoms with Gasteiger partial charge < -0.3 is 10.6 Å². The number of hydrogen-bond acceptors (Lipinski definition) is 2. The van der Waals surface area contributed by atoms with Gasteiger partial charge in [-0.05, 0) is 52.4 Å². The van der Waals surface area contributed by atoms with Crippen LogP contribution in [0.4, 0.5) is 5.69 Å². The number of rotatable bonds is 2. The van der Waals surface area contributed by atoms with E-state index in [1.165, 1.54) is 12.1 Å². The van der Waals surface area contributed by atoms with Crippen molar-refractivity contribution in [2.24, 2.45) is 17.6 Å². The highest BCUT2D eigenvalue weighted by molar-refractivity contribution is 9.10. The van der Waals surface area contributed by atoms with Gasteiger partial charge in [0.15, 0.2) is 0 Å². The molecule has 4 heteroatoms. The number of nitrogens with zero attached hydrogens (tertiary/aromatic N) is 1. The zero-order valence-electron chi connectivity index (χ0n) is 10.9. The van der Waals surface area contributed by atoms with E-state index in [9.17, 15) is 0 Å². The summed E-state index contributed by atoms with van der Waals surface area (Å²) in [6, 6.07) is 5.92. The van der Waals surface area contributed by atoms with Gasteiger partial charge >= 0.3 is 0 Å². The molecule has 0 amide bonds. The monoisotopic (exact) mass is 309 g/mol. The number of benzene rings is 1. The molecule has 2 unspecified atom stereocenters. The largest absolute Gasteiger partial charge is 0.384 e. The molecule has 18 heavy (non-hydrogen) atoms. The number of piperidine rings is 1. The van der Waals surface area contributed by atoms with Crippen molar-refractivity contribution in [2.45, 2.75) is 20.3 Å². The van der Waals surface area contributed by atoms with Crippen LogP contribution in [-0.4, -0.2) is 18.9 Å². The van der Waals surface area contributed by atoms with E-state index in [1.54, 1.807) is 0 Å². The molecule has 2 atom stereocenters. The molecule has 0 spiro atoms. The van der Waals surface area contributed by atoms with E-state index >= 15 is 0 Å². The van der Waals surface area contributed by atoms with Crippen molar-refractivity contribution in [3.63, 3.8) is 0 Å². The van der Waals surface area contributed by atoms with Crippen LogP contribution in [0.2, 0.25) is 0 Å². The predicted molar refractivity (Wildman–Crippen MR) is 80.3 cm³/mol. The maximum absolute atomic E-state index is 7.45. The standard InChI is InChI=1S/C14H20BrN3/c1-9-5-10(2)8-18(7-9)13-4-3-11(14(16)17)6-12(13)15/h3-4,6,9-10H,5,7-8H2,1-2H3,(H3,16,17). The summed E-state index contributed by atoms with van der Waals surface area (Å²) in [7, 11) is 0. The lowest BCUT2D eigenvalue weighted by Crippen LogP contribution is -2.38. The van der Waals surface area contributed by atoms with Gasteiger partial charge in [0.05, 0.1) is 5.69 Å². The maximum Gasteiger partial charge on any atom is 0.122 e. The van der Waals surface area contributed by atoms with Crippen LogP contribution in [0, 0.1) is 17.2 Å². The zero-order chi connectivity index (χ0) is 13.3. The molecular formula is C14H20BrN3. The van der Waals surface area contributed by atoms with E-state index in [-0.39, 0.29) is 5.84 Å². The van der Waals surface area contributed by atoms with Crippen LogP contribution < -0.4 is 10.6 Å². The number of amidine groups is 1. The molecule has 0 aliphatic carbocycles. The van der Waals surface area contributed by atoms with Crippen molar-refractivity contribution in [3.8, 4) is 0 Å². The third-order valence-corrected chi connectivity index (χ3v) is 4.10. The van der Waals surface area contributed by atoms with Gasteiger partial charge in [0.1, 0.15) is 5.84 Å². The van der Waals surface area contributed by atoms with Gasteiger partial charge in [-0.1, -0.05) is 13.8 Å². The fraction of sp³-hybridized carbons (Fsp3) is 0.500. The fourth-order valence-corrected chi connectivity index (χ4v) is 3.42. The second-order valence-corrected chi connectivity index (χ2v) is 6.29. The van der Waals surface area contributed by atoms with Crippen LogP contribution in [0.5, 0.6) is 0 Å². The zero-order valence-corrected chi connectivity index (χ0v) is 12.5. The molecule has 1 heterocycles. The Hall–Kier alpha value is -1.03. The molecule has 3 N–H and O–H groups in total. The minimum absolute atomic E-state index is 0.114. The normalized spacial score (nSPS) is 24.1. The summed E-state index contributed by atoms with van der Waals surface area (Å²) in [5.41, 5.74) is 7.48. The second-order valence-electron chi connectivity index (χ2n) is 5.43. The third-order valence-electron chi connectivity index (χ3n) is 3.47. The highest BCUT2D eigenvalue weighted by atomic mass is 79.9. The van der Waals surface area contributed by atoms with Gasteiger partial charge in [0.2, 0.25) is 0 Å². The molecule has 1 fully saturated rings. The predicted octanol–water partition coefficient (Wildman–Crippen LogP) is 3.22. The Morgan fingerprint density at radius 2 is 1.94 bits per heavy atom. The molecular weight excluding hydrogens is 290 g/mol.